The van der Waals surface area contributed by atoms with Crippen molar-refractivity contribution < 1.29 is 9.53 Å². The molecule has 4 rings (SSSR count). The van der Waals surface area contributed by atoms with Gasteiger partial charge in [-0.2, -0.15) is 0 Å². The third kappa shape index (κ3) is 3.10. The normalized spacial score (nSPS) is 46.9. The van der Waals surface area contributed by atoms with Crippen molar-refractivity contribution in [3.05, 3.63) is 12.2 Å². The fourth-order valence-electron chi connectivity index (χ4n) is 8.45. The van der Waals surface area contributed by atoms with Crippen molar-refractivity contribution in [3.8, 4) is 0 Å². The Kier molecular flexibility index (Phi) is 5.23. The Balaban J connectivity index is 1.50. The maximum absolute atomic E-state index is 11.6. The smallest absolute Gasteiger partial charge is 0.305 e. The molecule has 4 aliphatic rings. The lowest BCUT2D eigenvalue weighted by Gasteiger charge is -2.60. The predicted octanol–water partition coefficient (Wildman–Crippen LogP) is 6.40. The highest BCUT2D eigenvalue weighted by atomic mass is 16.5. The van der Waals surface area contributed by atoms with Gasteiger partial charge in [0.25, 0.3) is 0 Å². The molecule has 0 bridgehead atoms. The van der Waals surface area contributed by atoms with Crippen LogP contribution < -0.4 is 0 Å². The third-order valence-corrected chi connectivity index (χ3v) is 9.95. The Morgan fingerprint density at radius 1 is 1.07 bits per heavy atom. The van der Waals surface area contributed by atoms with E-state index >= 15 is 0 Å². The molecule has 0 aromatic heterocycles. The van der Waals surface area contributed by atoms with Gasteiger partial charge in [0, 0.05) is 6.42 Å². The number of fused-ring (bicyclic) bond motifs is 5. The average Bonchev–Trinajstić information content (AvgIpc) is 3.02. The maximum atomic E-state index is 11.6. The molecule has 2 heteroatoms. The largest absolute Gasteiger partial charge is 0.469 e. The number of allylic oxidation sites excluding steroid dienone is 2. The zero-order chi connectivity index (χ0) is 19.2. The molecule has 0 saturated heterocycles. The lowest BCUT2D eigenvalue weighted by atomic mass is 9.45. The summed E-state index contributed by atoms with van der Waals surface area (Å²) in [5, 5.41) is 0. The second-order valence-electron chi connectivity index (χ2n) is 10.9. The summed E-state index contributed by atoms with van der Waals surface area (Å²) in [5.41, 5.74) is 1.07. The lowest BCUT2D eigenvalue weighted by molar-refractivity contribution is -0.141. The number of esters is 1. The van der Waals surface area contributed by atoms with Gasteiger partial charge in [0.15, 0.2) is 0 Å². The quantitative estimate of drug-likeness (QED) is 0.421. The Labute approximate surface area is 166 Å². The SMILES string of the molecule is COC(=O)CC[C@@H](C)[C@H]1CC[C@H]2C3CC[C@@H]4C=CCC[C@]4(C)[C@H]3CC[C@]12C. The van der Waals surface area contributed by atoms with Crippen molar-refractivity contribution in [1.82, 2.24) is 0 Å². The van der Waals surface area contributed by atoms with Crippen molar-refractivity contribution in [1.29, 1.82) is 0 Å². The van der Waals surface area contributed by atoms with Crippen LogP contribution in [0.25, 0.3) is 0 Å². The fourth-order valence-corrected chi connectivity index (χ4v) is 8.45. The molecule has 0 aromatic carbocycles. The number of carbonyl (C=O) groups excluding carboxylic acids is 1. The summed E-state index contributed by atoms with van der Waals surface area (Å²) in [6, 6.07) is 0. The first kappa shape index (κ1) is 19.5. The van der Waals surface area contributed by atoms with Gasteiger partial charge in [-0.05, 0) is 104 Å². The van der Waals surface area contributed by atoms with E-state index in [9.17, 15) is 4.79 Å². The lowest BCUT2D eigenvalue weighted by Crippen LogP contribution is -2.52. The van der Waals surface area contributed by atoms with E-state index in [1.54, 1.807) is 0 Å². The number of hydrogen-bond acceptors (Lipinski definition) is 2. The first-order chi connectivity index (χ1) is 12.9. The van der Waals surface area contributed by atoms with Crippen LogP contribution >= 0.6 is 0 Å². The van der Waals surface area contributed by atoms with E-state index < -0.39 is 0 Å². The zero-order valence-electron chi connectivity index (χ0n) is 18.0. The second kappa shape index (κ2) is 7.23. The molecule has 152 valence electrons. The van der Waals surface area contributed by atoms with Crippen LogP contribution in [0.5, 0.6) is 0 Å². The standard InChI is InChI=1S/C25H40O2/c1-17(8-13-23(26)27-4)20-11-12-21-19-10-9-18-7-5-6-15-24(18,2)22(19)14-16-25(20,21)3/h5,7,17-22H,6,8-16H2,1-4H3/t17-,18+,19?,20-,21+,22+,24+,25-/m1/s1. The van der Waals surface area contributed by atoms with Gasteiger partial charge in [0.1, 0.15) is 0 Å². The van der Waals surface area contributed by atoms with Gasteiger partial charge in [-0.15, -0.1) is 0 Å². The molecule has 3 fully saturated rings. The summed E-state index contributed by atoms with van der Waals surface area (Å²) in [4.78, 5) is 11.6. The zero-order valence-corrected chi connectivity index (χ0v) is 18.0. The number of ether oxygens (including phenoxy) is 1. The Hall–Kier alpha value is -0.790. The molecule has 0 spiro atoms. The highest BCUT2D eigenvalue weighted by Crippen LogP contribution is 2.67. The van der Waals surface area contributed by atoms with E-state index in [2.05, 4.69) is 32.9 Å². The molecule has 27 heavy (non-hydrogen) atoms. The van der Waals surface area contributed by atoms with Gasteiger partial charge in [-0.25, -0.2) is 0 Å². The molecule has 3 saturated carbocycles. The number of methoxy groups -OCH3 is 1. The van der Waals surface area contributed by atoms with E-state index in [1.165, 1.54) is 58.5 Å². The van der Waals surface area contributed by atoms with Crippen LogP contribution in [0.2, 0.25) is 0 Å². The van der Waals surface area contributed by atoms with Gasteiger partial charge < -0.3 is 4.74 Å². The summed E-state index contributed by atoms with van der Waals surface area (Å²) in [6.07, 6.45) is 17.9. The van der Waals surface area contributed by atoms with Crippen LogP contribution in [-0.4, -0.2) is 13.1 Å². The van der Waals surface area contributed by atoms with Crippen molar-refractivity contribution in [2.24, 2.45) is 46.3 Å². The van der Waals surface area contributed by atoms with Crippen molar-refractivity contribution in [2.75, 3.05) is 7.11 Å². The van der Waals surface area contributed by atoms with E-state index in [-0.39, 0.29) is 5.97 Å². The summed E-state index contributed by atoms with van der Waals surface area (Å²) in [5.74, 6) is 5.06. The number of rotatable bonds is 4. The summed E-state index contributed by atoms with van der Waals surface area (Å²) in [7, 11) is 1.51. The van der Waals surface area contributed by atoms with Crippen LogP contribution in [0.15, 0.2) is 12.2 Å². The minimum atomic E-state index is -0.0399. The van der Waals surface area contributed by atoms with Gasteiger partial charge in [-0.3, -0.25) is 4.79 Å². The molecule has 4 aliphatic carbocycles. The topological polar surface area (TPSA) is 26.3 Å². The maximum Gasteiger partial charge on any atom is 0.305 e. The Morgan fingerprint density at radius 2 is 1.85 bits per heavy atom. The number of carbonyl (C=O) groups is 1. The number of hydrogen-bond donors (Lipinski definition) is 0. The van der Waals surface area contributed by atoms with Crippen LogP contribution in [0.4, 0.5) is 0 Å². The first-order valence-electron chi connectivity index (χ1n) is 11.6. The van der Waals surface area contributed by atoms with Gasteiger partial charge in [-0.1, -0.05) is 32.9 Å². The molecular formula is C25H40O2. The molecule has 0 amide bonds. The monoisotopic (exact) mass is 372 g/mol. The molecule has 1 unspecified atom stereocenters. The molecule has 0 aromatic rings. The summed E-state index contributed by atoms with van der Waals surface area (Å²) >= 11 is 0. The molecular weight excluding hydrogens is 332 g/mol. The third-order valence-electron chi connectivity index (χ3n) is 9.95. The van der Waals surface area contributed by atoms with Crippen molar-refractivity contribution >= 4 is 5.97 Å². The highest BCUT2D eigenvalue weighted by Gasteiger charge is 2.59. The van der Waals surface area contributed by atoms with E-state index in [0.29, 0.717) is 23.2 Å². The van der Waals surface area contributed by atoms with Crippen LogP contribution in [0.3, 0.4) is 0 Å². The second-order valence-corrected chi connectivity index (χ2v) is 10.9. The Morgan fingerprint density at radius 3 is 2.63 bits per heavy atom. The molecule has 0 N–H and O–H groups in total. The first-order valence-corrected chi connectivity index (χ1v) is 11.6. The fraction of sp³-hybridized carbons (Fsp3) is 0.880. The van der Waals surface area contributed by atoms with Crippen molar-refractivity contribution in [2.45, 2.75) is 85.0 Å². The predicted molar refractivity (Wildman–Crippen MR) is 110 cm³/mol. The van der Waals surface area contributed by atoms with E-state index in [0.717, 1.165) is 36.0 Å². The van der Waals surface area contributed by atoms with Gasteiger partial charge in [0.2, 0.25) is 0 Å². The Bertz CT molecular complexity index is 595. The van der Waals surface area contributed by atoms with E-state index in [4.69, 9.17) is 4.74 Å². The molecule has 2 nitrogen and oxygen atoms in total. The summed E-state index contributed by atoms with van der Waals surface area (Å²) < 4.78 is 4.88. The molecule has 8 atom stereocenters. The highest BCUT2D eigenvalue weighted by molar-refractivity contribution is 5.69. The van der Waals surface area contributed by atoms with Crippen LogP contribution in [-0.2, 0) is 9.53 Å². The van der Waals surface area contributed by atoms with E-state index in [1.807, 2.05) is 0 Å². The average molecular weight is 373 g/mol. The minimum Gasteiger partial charge on any atom is -0.469 e. The minimum absolute atomic E-state index is 0.0399. The molecule has 0 aliphatic heterocycles. The van der Waals surface area contributed by atoms with Crippen molar-refractivity contribution in [3.63, 3.8) is 0 Å². The van der Waals surface area contributed by atoms with Crippen LogP contribution in [0.1, 0.15) is 85.0 Å². The molecule has 0 radical (unpaired) electrons. The summed E-state index contributed by atoms with van der Waals surface area (Å²) in [6.45, 7) is 7.65. The van der Waals surface area contributed by atoms with Gasteiger partial charge in [0.05, 0.1) is 7.11 Å². The molecule has 0 heterocycles. The van der Waals surface area contributed by atoms with Crippen LogP contribution in [0, 0.1) is 46.3 Å². The van der Waals surface area contributed by atoms with Gasteiger partial charge >= 0.3 is 5.97 Å².